The number of rotatable bonds is 3. The van der Waals surface area contributed by atoms with Gasteiger partial charge in [-0.05, 0) is 48.8 Å². The Bertz CT molecular complexity index is 472. The van der Waals surface area contributed by atoms with Crippen LogP contribution in [-0.2, 0) is 4.79 Å². The highest BCUT2D eigenvalue weighted by atomic mass is 32.1. The summed E-state index contributed by atoms with van der Waals surface area (Å²) in [5.74, 6) is 0.00531. The number of thiocarbonyl (C=S) groups is 1. The van der Waals surface area contributed by atoms with E-state index in [1.54, 1.807) is 12.1 Å². The molecule has 0 radical (unpaired) electrons. The number of hydrogen-bond acceptors (Lipinski definition) is 2. The van der Waals surface area contributed by atoms with Gasteiger partial charge in [0.2, 0.25) is 0 Å². The molecule has 5 heteroatoms. The summed E-state index contributed by atoms with van der Waals surface area (Å²) in [5.41, 5.74) is 0.602. The van der Waals surface area contributed by atoms with Crippen molar-refractivity contribution in [3.8, 4) is 0 Å². The van der Waals surface area contributed by atoms with Gasteiger partial charge in [-0.2, -0.15) is 0 Å². The van der Waals surface area contributed by atoms with Crippen molar-refractivity contribution in [1.29, 1.82) is 0 Å². The number of anilines is 1. The van der Waals surface area contributed by atoms with Crippen molar-refractivity contribution in [1.82, 2.24) is 5.32 Å². The smallest absolute Gasteiger partial charge is 0.255 e. The molecule has 0 aromatic heterocycles. The highest BCUT2D eigenvalue weighted by Gasteiger charge is 2.36. The van der Waals surface area contributed by atoms with E-state index in [0.717, 1.165) is 6.42 Å². The number of benzene rings is 1. The zero-order chi connectivity index (χ0) is 13.3. The molecule has 1 N–H and O–H groups in total. The van der Waals surface area contributed by atoms with E-state index in [4.69, 9.17) is 12.2 Å². The Kier molecular flexibility index (Phi) is 3.61. The molecule has 1 saturated heterocycles. The van der Waals surface area contributed by atoms with Gasteiger partial charge in [0.1, 0.15) is 11.9 Å². The van der Waals surface area contributed by atoms with Gasteiger partial charge < -0.3 is 5.32 Å². The summed E-state index contributed by atoms with van der Waals surface area (Å²) in [6.45, 7) is 4.11. The third-order valence-electron chi connectivity index (χ3n) is 2.81. The average molecular weight is 266 g/mol. The van der Waals surface area contributed by atoms with Crippen LogP contribution in [-0.4, -0.2) is 17.1 Å². The molecule has 0 aliphatic carbocycles. The lowest BCUT2D eigenvalue weighted by molar-refractivity contribution is -0.118. The normalized spacial score (nSPS) is 19.6. The highest BCUT2D eigenvalue weighted by molar-refractivity contribution is 7.80. The lowest BCUT2D eigenvalue weighted by Crippen LogP contribution is -2.31. The third-order valence-corrected chi connectivity index (χ3v) is 3.11. The summed E-state index contributed by atoms with van der Waals surface area (Å²) in [6, 6.07) is 5.47. The quantitative estimate of drug-likeness (QED) is 0.853. The van der Waals surface area contributed by atoms with E-state index >= 15 is 0 Å². The van der Waals surface area contributed by atoms with Crippen LogP contribution in [0.4, 0.5) is 10.1 Å². The fourth-order valence-corrected chi connectivity index (χ4v) is 2.33. The zero-order valence-electron chi connectivity index (χ0n) is 10.3. The zero-order valence-corrected chi connectivity index (χ0v) is 11.1. The Hall–Kier alpha value is -1.49. The molecule has 0 saturated carbocycles. The number of hydrogen-bond donors (Lipinski definition) is 1. The van der Waals surface area contributed by atoms with Crippen LogP contribution in [0.25, 0.3) is 0 Å². The molecule has 0 bridgehead atoms. The summed E-state index contributed by atoms with van der Waals surface area (Å²) < 4.78 is 12.9. The molecule has 1 aromatic rings. The standard InChI is InChI=1S/C13H15FN2OS/c1-8(2)7-11-12(17)16(13(18)15-11)10-5-3-9(14)4-6-10/h3-6,8,11H,7H2,1-2H3,(H,15,18)/t11-/m0/s1. The number of nitrogens with zero attached hydrogens (tertiary/aromatic N) is 1. The summed E-state index contributed by atoms with van der Waals surface area (Å²) >= 11 is 5.16. The molecule has 2 rings (SSSR count). The predicted molar refractivity (Wildman–Crippen MR) is 72.9 cm³/mol. The molecule has 1 amide bonds. The topological polar surface area (TPSA) is 32.3 Å². The van der Waals surface area contributed by atoms with Crippen LogP contribution in [0.1, 0.15) is 20.3 Å². The summed E-state index contributed by atoms with van der Waals surface area (Å²) in [6.07, 6.45) is 0.733. The lowest BCUT2D eigenvalue weighted by Gasteiger charge is -2.15. The molecule has 1 aromatic carbocycles. The highest BCUT2D eigenvalue weighted by Crippen LogP contribution is 2.22. The molecule has 1 aliphatic heterocycles. The van der Waals surface area contributed by atoms with Crippen LogP contribution in [0.3, 0.4) is 0 Å². The van der Waals surface area contributed by atoms with Gasteiger partial charge in [-0.15, -0.1) is 0 Å². The molecule has 18 heavy (non-hydrogen) atoms. The first-order chi connectivity index (χ1) is 8.49. The van der Waals surface area contributed by atoms with E-state index in [-0.39, 0.29) is 17.8 Å². The number of nitrogens with one attached hydrogen (secondary N) is 1. The molecule has 96 valence electrons. The maximum absolute atomic E-state index is 12.9. The van der Waals surface area contributed by atoms with Crippen molar-refractivity contribution in [2.45, 2.75) is 26.3 Å². The van der Waals surface area contributed by atoms with Gasteiger partial charge in [0.05, 0.1) is 5.69 Å². The average Bonchev–Trinajstić information content (AvgIpc) is 2.55. The molecular weight excluding hydrogens is 251 g/mol. The van der Waals surface area contributed by atoms with Gasteiger partial charge in [0.15, 0.2) is 5.11 Å². The minimum absolute atomic E-state index is 0.0692. The van der Waals surface area contributed by atoms with E-state index in [2.05, 4.69) is 19.2 Å². The van der Waals surface area contributed by atoms with Crippen molar-refractivity contribution in [2.75, 3.05) is 4.90 Å². The molecule has 0 unspecified atom stereocenters. The van der Waals surface area contributed by atoms with Crippen LogP contribution in [0.5, 0.6) is 0 Å². The Morgan fingerprint density at radius 2 is 2.00 bits per heavy atom. The van der Waals surface area contributed by atoms with Crippen molar-refractivity contribution in [3.05, 3.63) is 30.1 Å². The van der Waals surface area contributed by atoms with E-state index in [1.165, 1.54) is 17.0 Å². The van der Waals surface area contributed by atoms with Gasteiger partial charge in [-0.1, -0.05) is 13.8 Å². The second-order valence-electron chi connectivity index (χ2n) is 4.78. The van der Waals surface area contributed by atoms with Gasteiger partial charge >= 0.3 is 0 Å². The lowest BCUT2D eigenvalue weighted by atomic mass is 10.0. The van der Waals surface area contributed by atoms with Crippen LogP contribution in [0.15, 0.2) is 24.3 Å². The van der Waals surface area contributed by atoms with E-state index in [1.807, 2.05) is 0 Å². The second kappa shape index (κ2) is 5.02. The monoisotopic (exact) mass is 266 g/mol. The molecule has 1 heterocycles. The minimum atomic E-state index is -0.331. The molecule has 1 fully saturated rings. The number of amides is 1. The van der Waals surface area contributed by atoms with Crippen molar-refractivity contribution in [3.63, 3.8) is 0 Å². The molecule has 3 nitrogen and oxygen atoms in total. The van der Waals surface area contributed by atoms with Crippen LogP contribution >= 0.6 is 12.2 Å². The first-order valence-corrected chi connectivity index (χ1v) is 6.30. The fraction of sp³-hybridized carbons (Fsp3) is 0.385. The third kappa shape index (κ3) is 2.51. The first-order valence-electron chi connectivity index (χ1n) is 5.89. The van der Waals surface area contributed by atoms with Crippen LogP contribution < -0.4 is 10.2 Å². The number of halogens is 1. The second-order valence-corrected chi connectivity index (χ2v) is 5.17. The van der Waals surface area contributed by atoms with Crippen molar-refractivity contribution >= 4 is 28.9 Å². The predicted octanol–water partition coefficient (Wildman–Crippen LogP) is 2.46. The number of carbonyl (C=O) groups excluding carboxylic acids is 1. The number of carbonyl (C=O) groups is 1. The minimum Gasteiger partial charge on any atom is -0.350 e. The van der Waals surface area contributed by atoms with E-state index in [9.17, 15) is 9.18 Å². The first kappa shape index (κ1) is 13.0. The van der Waals surface area contributed by atoms with Crippen LogP contribution in [0.2, 0.25) is 0 Å². The molecule has 1 atom stereocenters. The molecule has 1 aliphatic rings. The largest absolute Gasteiger partial charge is 0.350 e. The Morgan fingerprint density at radius 3 is 2.56 bits per heavy atom. The fourth-order valence-electron chi connectivity index (χ4n) is 2.00. The van der Waals surface area contributed by atoms with Crippen molar-refractivity contribution < 1.29 is 9.18 Å². The van der Waals surface area contributed by atoms with Crippen LogP contribution in [0, 0.1) is 11.7 Å². The molecule has 0 spiro atoms. The summed E-state index contributed by atoms with van der Waals surface area (Å²) in [7, 11) is 0. The summed E-state index contributed by atoms with van der Waals surface area (Å²) in [5, 5.41) is 3.40. The van der Waals surface area contributed by atoms with Gasteiger partial charge in [0.25, 0.3) is 5.91 Å². The Morgan fingerprint density at radius 1 is 1.39 bits per heavy atom. The Labute approximate surface area is 111 Å². The SMILES string of the molecule is CC(C)C[C@@H]1NC(=S)N(c2ccc(F)cc2)C1=O. The maximum Gasteiger partial charge on any atom is 0.255 e. The van der Waals surface area contributed by atoms with Crippen molar-refractivity contribution in [2.24, 2.45) is 5.92 Å². The maximum atomic E-state index is 12.9. The van der Waals surface area contributed by atoms with E-state index in [0.29, 0.717) is 16.7 Å². The van der Waals surface area contributed by atoms with Gasteiger partial charge in [-0.3, -0.25) is 9.69 Å². The molecular formula is C13H15FN2OS. The summed E-state index contributed by atoms with van der Waals surface area (Å²) in [4.78, 5) is 13.7. The Balaban J connectivity index is 2.21. The van der Waals surface area contributed by atoms with E-state index < -0.39 is 0 Å². The van der Waals surface area contributed by atoms with Gasteiger partial charge in [-0.25, -0.2) is 4.39 Å². The van der Waals surface area contributed by atoms with Gasteiger partial charge in [0, 0.05) is 0 Å².